The van der Waals surface area contributed by atoms with Crippen molar-refractivity contribution in [2.24, 2.45) is 0 Å². The van der Waals surface area contributed by atoms with Crippen LogP contribution in [-0.4, -0.2) is 14.5 Å². The van der Waals surface area contributed by atoms with E-state index in [2.05, 4.69) is 137 Å². The highest BCUT2D eigenvalue weighted by Crippen LogP contribution is 2.40. The molecule has 0 fully saturated rings. The van der Waals surface area contributed by atoms with Gasteiger partial charge in [0, 0.05) is 50.2 Å². The average molecular weight is 868 g/mol. The van der Waals surface area contributed by atoms with Crippen LogP contribution in [0.2, 0.25) is 0 Å². The van der Waals surface area contributed by atoms with Gasteiger partial charge >= 0.3 is 0 Å². The van der Waals surface area contributed by atoms with Crippen molar-refractivity contribution in [1.29, 1.82) is 15.8 Å². The van der Waals surface area contributed by atoms with Crippen LogP contribution in [0.1, 0.15) is 16.7 Å². The third kappa shape index (κ3) is 7.67. The van der Waals surface area contributed by atoms with Crippen molar-refractivity contribution in [1.82, 2.24) is 14.5 Å². The number of aromatic nitrogens is 3. The predicted molar refractivity (Wildman–Crippen MR) is 272 cm³/mol. The molecule has 0 saturated heterocycles. The van der Waals surface area contributed by atoms with Crippen molar-refractivity contribution in [3.63, 3.8) is 0 Å². The molecule has 7 nitrogen and oxygen atoms in total. The van der Waals surface area contributed by atoms with Gasteiger partial charge in [0.05, 0.1) is 57.3 Å². The molecule has 0 aliphatic rings. The molecule has 9 aromatic carbocycles. The van der Waals surface area contributed by atoms with Crippen molar-refractivity contribution in [2.75, 3.05) is 4.90 Å². The molecule has 11 aromatic rings. The predicted octanol–water partition coefficient (Wildman–Crippen LogP) is 15.0. The van der Waals surface area contributed by atoms with Gasteiger partial charge in [-0.2, -0.15) is 15.8 Å². The van der Waals surface area contributed by atoms with Crippen LogP contribution in [0, 0.1) is 34.0 Å². The molecule has 68 heavy (non-hydrogen) atoms. The van der Waals surface area contributed by atoms with Crippen molar-refractivity contribution in [2.45, 2.75) is 0 Å². The summed E-state index contributed by atoms with van der Waals surface area (Å²) in [5, 5.41) is 31.7. The molecule has 0 N–H and O–H groups in total. The molecule has 0 atom stereocenters. The highest BCUT2D eigenvalue weighted by molar-refractivity contribution is 6.10. The van der Waals surface area contributed by atoms with Crippen molar-refractivity contribution in [3.05, 3.63) is 241 Å². The maximum atomic E-state index is 10.5. The van der Waals surface area contributed by atoms with E-state index in [1.54, 1.807) is 0 Å². The second kappa shape index (κ2) is 17.6. The fourth-order valence-electron chi connectivity index (χ4n) is 8.96. The Morgan fingerprint density at radius 3 is 1.50 bits per heavy atom. The number of nitrogens with zero attached hydrogens (tertiary/aromatic N) is 7. The number of fused-ring (bicyclic) bond motifs is 3. The van der Waals surface area contributed by atoms with Crippen LogP contribution >= 0.6 is 0 Å². The van der Waals surface area contributed by atoms with E-state index in [9.17, 15) is 15.8 Å². The molecule has 2 aromatic heterocycles. The first-order chi connectivity index (χ1) is 33.5. The maximum absolute atomic E-state index is 10.5. The summed E-state index contributed by atoms with van der Waals surface area (Å²) in [6.07, 6.45) is 0. The highest BCUT2D eigenvalue weighted by Gasteiger charge is 2.19. The number of rotatable bonds is 9. The maximum Gasteiger partial charge on any atom is 0.160 e. The van der Waals surface area contributed by atoms with Gasteiger partial charge in [-0.1, -0.05) is 127 Å². The number of hydrogen-bond acceptors (Lipinski definition) is 6. The van der Waals surface area contributed by atoms with E-state index >= 15 is 0 Å². The van der Waals surface area contributed by atoms with Crippen LogP contribution in [0.25, 0.3) is 83.6 Å². The molecule has 0 amide bonds. The molecule has 0 unspecified atom stereocenters. The molecule has 316 valence electrons. The van der Waals surface area contributed by atoms with Gasteiger partial charge in [0.1, 0.15) is 0 Å². The number of hydrogen-bond donors (Lipinski definition) is 0. The largest absolute Gasteiger partial charge is 0.310 e. The van der Waals surface area contributed by atoms with Gasteiger partial charge in [0.2, 0.25) is 0 Å². The summed E-state index contributed by atoms with van der Waals surface area (Å²) in [6.45, 7) is 0. The third-order valence-electron chi connectivity index (χ3n) is 12.3. The first-order valence-electron chi connectivity index (χ1n) is 22.1. The molecule has 0 bridgehead atoms. The summed E-state index contributed by atoms with van der Waals surface area (Å²) < 4.78 is 2.28. The lowest BCUT2D eigenvalue weighted by atomic mass is 9.94. The van der Waals surface area contributed by atoms with Gasteiger partial charge in [-0.3, -0.25) is 0 Å². The van der Waals surface area contributed by atoms with E-state index < -0.39 is 0 Å². The summed E-state index contributed by atoms with van der Waals surface area (Å²) >= 11 is 0. The summed E-state index contributed by atoms with van der Waals surface area (Å²) in [5.74, 6) is 0.663. The third-order valence-corrected chi connectivity index (χ3v) is 12.3. The second-order valence-electron chi connectivity index (χ2n) is 16.4. The van der Waals surface area contributed by atoms with Crippen molar-refractivity contribution >= 4 is 38.9 Å². The first-order valence-corrected chi connectivity index (χ1v) is 22.1. The van der Waals surface area contributed by atoms with E-state index in [1.165, 1.54) is 0 Å². The van der Waals surface area contributed by atoms with Crippen LogP contribution in [0.5, 0.6) is 0 Å². The minimum Gasteiger partial charge on any atom is -0.310 e. The number of nitriles is 3. The van der Waals surface area contributed by atoms with Crippen LogP contribution in [0.15, 0.2) is 224 Å². The Hall–Kier alpha value is -9.87. The SMILES string of the molecule is N#Cc1ccc(N(c2ccc(C#N)cc2)c2ccc3c(c2)c2ccccc2n3-c2ccc(-c3ccc(-c4ccc(-c5cc(-c6ccccc6)nc(-c6ccccc6)n5)cc4)c(C#N)c3)cc2)cc1. The molecular weight excluding hydrogens is 831 g/mol. The van der Waals surface area contributed by atoms with E-state index in [0.717, 1.165) is 94.9 Å². The highest BCUT2D eigenvalue weighted by atomic mass is 15.1. The van der Waals surface area contributed by atoms with E-state index in [1.807, 2.05) is 115 Å². The quantitative estimate of drug-likeness (QED) is 0.143. The summed E-state index contributed by atoms with van der Waals surface area (Å²) in [6, 6.07) is 81.9. The molecule has 0 aliphatic carbocycles. The average Bonchev–Trinajstić information content (AvgIpc) is 3.75. The lowest BCUT2D eigenvalue weighted by Gasteiger charge is -2.25. The topological polar surface area (TPSA) is 105 Å². The lowest BCUT2D eigenvalue weighted by Crippen LogP contribution is -2.10. The molecule has 0 radical (unpaired) electrons. The van der Waals surface area contributed by atoms with Gasteiger partial charge in [0.15, 0.2) is 5.82 Å². The Balaban J connectivity index is 0.901. The van der Waals surface area contributed by atoms with Crippen molar-refractivity contribution < 1.29 is 0 Å². The van der Waals surface area contributed by atoms with Gasteiger partial charge in [-0.15, -0.1) is 0 Å². The van der Waals surface area contributed by atoms with Crippen LogP contribution in [-0.2, 0) is 0 Å². The van der Waals surface area contributed by atoms with Gasteiger partial charge < -0.3 is 9.47 Å². The second-order valence-corrected chi connectivity index (χ2v) is 16.4. The van der Waals surface area contributed by atoms with E-state index in [4.69, 9.17) is 9.97 Å². The summed E-state index contributed by atoms with van der Waals surface area (Å²) in [7, 11) is 0. The summed E-state index contributed by atoms with van der Waals surface area (Å²) in [5.41, 5.74) is 16.0. The Labute approximate surface area is 393 Å². The van der Waals surface area contributed by atoms with Crippen LogP contribution in [0.4, 0.5) is 17.1 Å². The number of anilines is 3. The smallest absolute Gasteiger partial charge is 0.160 e. The fourth-order valence-corrected chi connectivity index (χ4v) is 8.96. The molecule has 0 saturated carbocycles. The standard InChI is InChI=1S/C61H37N7/c62-38-41-15-26-50(27-16-41)67(51-28-17-42(39-63)18-29-51)53-32-34-60-56(36-53)55-13-7-8-14-59(55)68(60)52-30-23-43(24-31-52)48-25-33-54(49(35-48)40-64)44-19-21-46(22-20-44)58-37-57(45-9-3-1-4-10-45)65-61(66-58)47-11-5-2-6-12-47/h1-37H. The zero-order valence-corrected chi connectivity index (χ0v) is 36.5. The van der Waals surface area contributed by atoms with Gasteiger partial charge in [0.25, 0.3) is 0 Å². The van der Waals surface area contributed by atoms with Gasteiger partial charge in [-0.05, 0) is 119 Å². The monoisotopic (exact) mass is 867 g/mol. The number of para-hydroxylation sites is 1. The van der Waals surface area contributed by atoms with Crippen LogP contribution < -0.4 is 4.90 Å². The Morgan fingerprint density at radius 1 is 0.368 bits per heavy atom. The molecule has 2 heterocycles. The van der Waals surface area contributed by atoms with Gasteiger partial charge in [-0.25, -0.2) is 9.97 Å². The molecule has 0 spiro atoms. The first kappa shape index (κ1) is 40.9. The Morgan fingerprint density at radius 2 is 0.882 bits per heavy atom. The molecule has 7 heteroatoms. The number of benzene rings is 9. The Bertz CT molecular complexity index is 3670. The minimum absolute atomic E-state index is 0.582. The lowest BCUT2D eigenvalue weighted by molar-refractivity contribution is 1.18. The molecular formula is C61H37N7. The zero-order chi connectivity index (χ0) is 46.0. The zero-order valence-electron chi connectivity index (χ0n) is 36.5. The van der Waals surface area contributed by atoms with Crippen molar-refractivity contribution in [3.8, 4) is 80.1 Å². The minimum atomic E-state index is 0.582. The Kier molecular flexibility index (Phi) is 10.6. The fraction of sp³-hybridized carbons (Fsp3) is 0. The van der Waals surface area contributed by atoms with Crippen LogP contribution in [0.3, 0.4) is 0 Å². The normalized spacial score (nSPS) is 10.9. The summed E-state index contributed by atoms with van der Waals surface area (Å²) in [4.78, 5) is 12.1. The van der Waals surface area contributed by atoms with E-state index in [-0.39, 0.29) is 0 Å². The van der Waals surface area contributed by atoms with E-state index in [0.29, 0.717) is 22.5 Å². The molecule has 0 aliphatic heterocycles. The molecule has 11 rings (SSSR count).